The van der Waals surface area contributed by atoms with Crippen molar-refractivity contribution in [2.75, 3.05) is 7.11 Å². The fourth-order valence-electron chi connectivity index (χ4n) is 2.05. The van der Waals surface area contributed by atoms with Crippen LogP contribution in [0, 0.1) is 6.92 Å². The number of benzene rings is 1. The molecule has 1 aromatic heterocycles. The highest BCUT2D eigenvalue weighted by Gasteiger charge is 2.21. The highest BCUT2D eigenvalue weighted by atomic mass is 16.5. The Morgan fingerprint density at radius 3 is 2.65 bits per heavy atom. The van der Waals surface area contributed by atoms with Crippen molar-refractivity contribution in [2.24, 2.45) is 0 Å². The maximum absolute atomic E-state index is 12.1. The second kappa shape index (κ2) is 7.49. The fraction of sp³-hybridized carbons (Fsp3) is 0.294. The Bertz CT molecular complexity index is 692. The van der Waals surface area contributed by atoms with Gasteiger partial charge in [-0.15, -0.1) is 0 Å². The van der Waals surface area contributed by atoms with E-state index in [1.165, 1.54) is 19.3 Å². The smallest absolute Gasteiger partial charge is 0.342 e. The number of rotatable bonds is 6. The first-order valence-electron chi connectivity index (χ1n) is 7.17. The molecule has 0 unspecified atom stereocenters. The highest BCUT2D eigenvalue weighted by molar-refractivity contribution is 5.92. The lowest BCUT2D eigenvalue weighted by atomic mass is 10.2. The molecule has 2 aromatic rings. The topological polar surface area (TPSA) is 77.8 Å². The molecule has 122 valence electrons. The summed E-state index contributed by atoms with van der Waals surface area (Å²) in [6.07, 6.45) is 0.490. The molecular weight excluding hydrogens is 298 g/mol. The Balaban J connectivity index is 1.90. The lowest BCUT2D eigenvalue weighted by Crippen LogP contribution is -2.35. The lowest BCUT2D eigenvalue weighted by molar-refractivity contribution is -0.129. The van der Waals surface area contributed by atoms with Crippen LogP contribution in [0.4, 0.5) is 0 Å². The van der Waals surface area contributed by atoms with Gasteiger partial charge in [-0.1, -0.05) is 18.2 Å². The minimum absolute atomic E-state index is 0.287. The molecule has 1 heterocycles. The van der Waals surface area contributed by atoms with Gasteiger partial charge in [0, 0.05) is 12.1 Å². The quantitative estimate of drug-likeness (QED) is 0.828. The van der Waals surface area contributed by atoms with E-state index in [0.29, 0.717) is 17.1 Å². The summed E-state index contributed by atoms with van der Waals surface area (Å²) < 4.78 is 15.4. The Morgan fingerprint density at radius 2 is 2.00 bits per heavy atom. The number of hydrogen-bond donors (Lipinski definition) is 1. The maximum atomic E-state index is 12.1. The van der Waals surface area contributed by atoms with Gasteiger partial charge in [-0.2, -0.15) is 0 Å². The molecule has 0 fully saturated rings. The minimum Gasteiger partial charge on any atom is -0.496 e. The van der Waals surface area contributed by atoms with Gasteiger partial charge in [0.25, 0.3) is 5.91 Å². The second-order valence-electron chi connectivity index (χ2n) is 4.97. The molecule has 6 nitrogen and oxygen atoms in total. The number of para-hydroxylation sites is 1. The van der Waals surface area contributed by atoms with E-state index in [4.69, 9.17) is 13.9 Å². The van der Waals surface area contributed by atoms with E-state index in [2.05, 4.69) is 5.32 Å². The summed E-state index contributed by atoms with van der Waals surface area (Å²) in [5.74, 6) is 0.171. The van der Waals surface area contributed by atoms with E-state index in [0.717, 1.165) is 5.56 Å². The van der Waals surface area contributed by atoms with Gasteiger partial charge in [-0.05, 0) is 26.0 Å². The van der Waals surface area contributed by atoms with Crippen molar-refractivity contribution >= 4 is 11.9 Å². The van der Waals surface area contributed by atoms with Crippen LogP contribution in [0.5, 0.6) is 5.75 Å². The zero-order valence-electron chi connectivity index (χ0n) is 13.3. The van der Waals surface area contributed by atoms with Gasteiger partial charge >= 0.3 is 5.97 Å². The van der Waals surface area contributed by atoms with Crippen LogP contribution in [0.3, 0.4) is 0 Å². The summed E-state index contributed by atoms with van der Waals surface area (Å²) in [4.78, 5) is 24.0. The zero-order chi connectivity index (χ0) is 16.8. The number of carbonyl (C=O) groups excluding carboxylic acids is 2. The summed E-state index contributed by atoms with van der Waals surface area (Å²) in [7, 11) is 1.57. The van der Waals surface area contributed by atoms with E-state index >= 15 is 0 Å². The van der Waals surface area contributed by atoms with Gasteiger partial charge in [-0.3, -0.25) is 4.79 Å². The van der Waals surface area contributed by atoms with Crippen molar-refractivity contribution in [2.45, 2.75) is 26.5 Å². The first-order valence-corrected chi connectivity index (χ1v) is 7.17. The number of ether oxygens (including phenoxy) is 2. The van der Waals surface area contributed by atoms with Gasteiger partial charge in [0.05, 0.1) is 13.4 Å². The van der Waals surface area contributed by atoms with Crippen LogP contribution in [0.2, 0.25) is 0 Å². The van der Waals surface area contributed by atoms with Crippen molar-refractivity contribution in [1.29, 1.82) is 0 Å². The summed E-state index contributed by atoms with van der Waals surface area (Å²) in [6.45, 7) is 3.46. The van der Waals surface area contributed by atoms with Crippen LogP contribution in [-0.2, 0) is 16.1 Å². The zero-order valence-corrected chi connectivity index (χ0v) is 13.3. The third-order valence-electron chi connectivity index (χ3n) is 3.38. The highest BCUT2D eigenvalue weighted by Crippen LogP contribution is 2.17. The van der Waals surface area contributed by atoms with Crippen molar-refractivity contribution in [3.63, 3.8) is 0 Å². The van der Waals surface area contributed by atoms with Crippen molar-refractivity contribution in [3.05, 3.63) is 53.5 Å². The Labute approximate surface area is 134 Å². The van der Waals surface area contributed by atoms with Crippen LogP contribution in [0.1, 0.15) is 28.6 Å². The largest absolute Gasteiger partial charge is 0.496 e. The summed E-state index contributed by atoms with van der Waals surface area (Å²) in [6, 6.07) is 8.88. The van der Waals surface area contributed by atoms with Crippen molar-refractivity contribution in [3.8, 4) is 5.75 Å². The third kappa shape index (κ3) is 4.12. The van der Waals surface area contributed by atoms with Crippen LogP contribution in [0.15, 0.2) is 41.0 Å². The van der Waals surface area contributed by atoms with Crippen molar-refractivity contribution < 1.29 is 23.5 Å². The van der Waals surface area contributed by atoms with Crippen LogP contribution in [0.25, 0.3) is 0 Å². The van der Waals surface area contributed by atoms with E-state index in [-0.39, 0.29) is 12.5 Å². The van der Waals surface area contributed by atoms with Crippen molar-refractivity contribution in [1.82, 2.24) is 5.32 Å². The van der Waals surface area contributed by atoms with Crippen LogP contribution >= 0.6 is 0 Å². The summed E-state index contributed by atoms with van der Waals surface area (Å²) in [5, 5.41) is 2.72. The lowest BCUT2D eigenvalue weighted by Gasteiger charge is -2.14. The van der Waals surface area contributed by atoms with E-state index in [1.807, 2.05) is 24.3 Å². The van der Waals surface area contributed by atoms with Crippen LogP contribution in [-0.4, -0.2) is 25.1 Å². The molecule has 1 atom stereocenters. The number of amides is 1. The second-order valence-corrected chi connectivity index (χ2v) is 4.97. The average Bonchev–Trinajstić information content (AvgIpc) is 2.98. The molecule has 2 rings (SSSR count). The average molecular weight is 317 g/mol. The molecule has 0 spiro atoms. The third-order valence-corrected chi connectivity index (χ3v) is 3.38. The van der Waals surface area contributed by atoms with Gasteiger partial charge in [0.2, 0.25) is 0 Å². The normalized spacial score (nSPS) is 11.6. The van der Waals surface area contributed by atoms with Gasteiger partial charge in [0.1, 0.15) is 17.1 Å². The standard InChI is InChI=1S/C17H19NO5/c1-11-14(8-9-22-11)17(20)23-12(2)16(19)18-10-13-6-4-5-7-15(13)21-3/h4-9,12H,10H2,1-3H3,(H,18,19)/t12-/m0/s1. The number of esters is 1. The molecule has 1 N–H and O–H groups in total. The number of furan rings is 1. The molecule has 0 radical (unpaired) electrons. The number of carbonyl (C=O) groups is 2. The molecule has 0 saturated heterocycles. The number of hydrogen-bond acceptors (Lipinski definition) is 5. The van der Waals surface area contributed by atoms with E-state index < -0.39 is 12.1 Å². The first-order chi connectivity index (χ1) is 11.0. The Hall–Kier alpha value is -2.76. The Kier molecular flexibility index (Phi) is 5.41. The monoisotopic (exact) mass is 317 g/mol. The number of nitrogens with one attached hydrogen (secondary N) is 1. The molecule has 0 aliphatic rings. The molecule has 6 heteroatoms. The summed E-state index contributed by atoms with van der Waals surface area (Å²) >= 11 is 0. The van der Waals surface area contributed by atoms with Gasteiger partial charge < -0.3 is 19.2 Å². The molecular formula is C17H19NO5. The van der Waals surface area contributed by atoms with Crippen LogP contribution < -0.4 is 10.1 Å². The fourth-order valence-corrected chi connectivity index (χ4v) is 2.05. The molecule has 0 aliphatic heterocycles. The predicted molar refractivity (Wildman–Crippen MR) is 83.2 cm³/mol. The molecule has 23 heavy (non-hydrogen) atoms. The Morgan fingerprint density at radius 1 is 1.26 bits per heavy atom. The number of methoxy groups -OCH3 is 1. The minimum atomic E-state index is -0.911. The van der Waals surface area contributed by atoms with E-state index in [1.54, 1.807) is 14.0 Å². The SMILES string of the molecule is COc1ccccc1CNC(=O)[C@H](C)OC(=O)c1ccoc1C. The summed E-state index contributed by atoms with van der Waals surface area (Å²) in [5.41, 5.74) is 1.15. The first kappa shape index (κ1) is 16.6. The molecule has 1 aromatic carbocycles. The molecule has 0 aliphatic carbocycles. The molecule has 0 saturated carbocycles. The van der Waals surface area contributed by atoms with Gasteiger partial charge in [0.15, 0.2) is 6.10 Å². The molecule has 1 amide bonds. The van der Waals surface area contributed by atoms with E-state index in [9.17, 15) is 9.59 Å². The number of aryl methyl sites for hydroxylation is 1. The predicted octanol–water partition coefficient (Wildman–Crippen LogP) is 2.46. The maximum Gasteiger partial charge on any atom is 0.342 e. The molecule has 0 bridgehead atoms. The van der Waals surface area contributed by atoms with Gasteiger partial charge in [-0.25, -0.2) is 4.79 Å².